The second kappa shape index (κ2) is 6.26. The Morgan fingerprint density at radius 1 is 1.29 bits per heavy atom. The van der Waals surface area contributed by atoms with E-state index in [1.807, 2.05) is 37.3 Å². The topological polar surface area (TPSA) is 66.4 Å². The largest absolute Gasteiger partial charge is 0.498 e. The quantitative estimate of drug-likeness (QED) is 0.622. The maximum atomic E-state index is 11.9. The molecule has 5 heteroatoms. The molecule has 21 heavy (non-hydrogen) atoms. The van der Waals surface area contributed by atoms with E-state index in [2.05, 4.69) is 0 Å². The molecule has 1 fully saturated rings. The van der Waals surface area contributed by atoms with Gasteiger partial charge in [0.1, 0.15) is 12.5 Å². The number of esters is 1. The highest BCUT2D eigenvalue weighted by molar-refractivity contribution is 5.72. The first-order valence-electron chi connectivity index (χ1n) is 7.19. The van der Waals surface area contributed by atoms with E-state index in [0.29, 0.717) is 19.4 Å². The Bertz CT molecular complexity index is 516. The summed E-state index contributed by atoms with van der Waals surface area (Å²) in [6.07, 6.45) is 0.205. The van der Waals surface area contributed by atoms with Crippen LogP contribution >= 0.6 is 0 Å². The molecule has 0 saturated carbocycles. The fraction of sp³-hybridized carbons (Fsp3) is 0.500. The number of hydrogen-bond acceptors (Lipinski definition) is 4. The van der Waals surface area contributed by atoms with Crippen LogP contribution in [0.2, 0.25) is 0 Å². The van der Waals surface area contributed by atoms with E-state index in [9.17, 15) is 14.7 Å². The van der Waals surface area contributed by atoms with Crippen LogP contribution in [0.1, 0.15) is 25.3 Å². The van der Waals surface area contributed by atoms with Crippen molar-refractivity contribution in [3.05, 3.63) is 35.9 Å². The van der Waals surface area contributed by atoms with Crippen LogP contribution in [0.25, 0.3) is 0 Å². The summed E-state index contributed by atoms with van der Waals surface area (Å²) in [5.74, 6) is -0.716. The standard InChI is InChI=1S/C16H21NO4/c1-12-8-9-14(15(18)21-2)11-17(12,16(19)20)10-13-6-4-3-5-7-13/h3-7,12,14H,8-11H2,1-2H3/t12?,14-,17-/m0/s1. The summed E-state index contributed by atoms with van der Waals surface area (Å²) in [4.78, 5) is 23.6. The van der Waals surface area contributed by atoms with Gasteiger partial charge in [0.2, 0.25) is 0 Å². The van der Waals surface area contributed by atoms with E-state index in [1.54, 1.807) is 0 Å². The molecule has 1 aliphatic rings. The lowest BCUT2D eigenvalue weighted by Gasteiger charge is -2.47. The number of benzene rings is 1. The van der Waals surface area contributed by atoms with Gasteiger partial charge in [0, 0.05) is 12.0 Å². The van der Waals surface area contributed by atoms with Gasteiger partial charge >= 0.3 is 5.97 Å². The highest BCUT2D eigenvalue weighted by Crippen LogP contribution is 2.32. The molecule has 0 radical (unpaired) electrons. The molecule has 1 amide bonds. The summed E-state index contributed by atoms with van der Waals surface area (Å²) in [7, 11) is 1.34. The summed E-state index contributed by atoms with van der Waals surface area (Å²) in [5.41, 5.74) is 0.930. The molecule has 2 rings (SSSR count). The molecule has 1 unspecified atom stereocenters. The Labute approximate surface area is 124 Å². The van der Waals surface area contributed by atoms with Gasteiger partial charge in [-0.3, -0.25) is 9.28 Å². The molecule has 1 aromatic rings. The zero-order chi connectivity index (χ0) is 15.5. The van der Waals surface area contributed by atoms with E-state index < -0.39 is 6.09 Å². The van der Waals surface area contributed by atoms with Crippen LogP contribution in [-0.2, 0) is 16.1 Å². The highest BCUT2D eigenvalue weighted by atomic mass is 16.5. The number of carbonyl (C=O) groups excluding carboxylic acids is 2. The minimum Gasteiger partial charge on any atom is -0.498 e. The number of quaternary nitrogens is 1. The number of carboxylic acid groups (broad SMARTS) is 1. The number of likely N-dealkylation sites (tertiary alicyclic amines) is 1. The maximum Gasteiger partial charge on any atom is 0.314 e. The number of nitrogens with zero attached hydrogens (tertiary/aromatic N) is 1. The van der Waals surface area contributed by atoms with Crippen molar-refractivity contribution in [1.82, 2.24) is 0 Å². The van der Waals surface area contributed by atoms with Crippen molar-refractivity contribution in [2.75, 3.05) is 13.7 Å². The van der Waals surface area contributed by atoms with Crippen molar-refractivity contribution >= 4 is 12.1 Å². The van der Waals surface area contributed by atoms with E-state index in [1.165, 1.54) is 7.11 Å². The van der Waals surface area contributed by atoms with Crippen molar-refractivity contribution in [3.8, 4) is 0 Å². The van der Waals surface area contributed by atoms with Gasteiger partial charge in [0.05, 0.1) is 19.7 Å². The summed E-state index contributed by atoms with van der Waals surface area (Å²) in [6.45, 7) is 2.47. The van der Waals surface area contributed by atoms with Crippen molar-refractivity contribution < 1.29 is 23.9 Å². The molecule has 1 aromatic carbocycles. The molecule has 0 aliphatic carbocycles. The number of hydrogen-bond donors (Lipinski definition) is 0. The fourth-order valence-electron chi connectivity index (χ4n) is 3.16. The number of rotatable bonds is 3. The van der Waals surface area contributed by atoms with Crippen molar-refractivity contribution in [1.29, 1.82) is 0 Å². The summed E-state index contributed by atoms with van der Waals surface area (Å²) in [5, 5.41) is 11.9. The lowest BCUT2D eigenvalue weighted by molar-refractivity contribution is -0.917. The fourth-order valence-corrected chi connectivity index (χ4v) is 3.16. The van der Waals surface area contributed by atoms with Crippen LogP contribution in [0, 0.1) is 5.92 Å². The van der Waals surface area contributed by atoms with Crippen LogP contribution in [0.15, 0.2) is 30.3 Å². The molecule has 0 aromatic heterocycles. The van der Waals surface area contributed by atoms with Crippen molar-refractivity contribution in [2.45, 2.75) is 32.4 Å². The van der Waals surface area contributed by atoms with Gasteiger partial charge in [-0.1, -0.05) is 30.3 Å². The van der Waals surface area contributed by atoms with Crippen LogP contribution in [0.4, 0.5) is 4.79 Å². The first kappa shape index (κ1) is 15.5. The minimum absolute atomic E-state index is 0.0869. The second-order valence-corrected chi connectivity index (χ2v) is 5.77. The second-order valence-electron chi connectivity index (χ2n) is 5.77. The third-order valence-corrected chi connectivity index (χ3v) is 4.53. The maximum absolute atomic E-state index is 11.9. The van der Waals surface area contributed by atoms with Crippen LogP contribution in [-0.4, -0.2) is 36.2 Å². The van der Waals surface area contributed by atoms with E-state index in [0.717, 1.165) is 5.56 Å². The lowest BCUT2D eigenvalue weighted by atomic mass is 9.90. The number of carbonyl (C=O) groups is 2. The van der Waals surface area contributed by atoms with E-state index in [-0.39, 0.29) is 29.0 Å². The molecular formula is C16H21NO4. The first-order chi connectivity index (χ1) is 9.99. The average Bonchev–Trinajstić information content (AvgIpc) is 2.49. The Morgan fingerprint density at radius 3 is 2.52 bits per heavy atom. The van der Waals surface area contributed by atoms with Crippen LogP contribution < -0.4 is 5.11 Å². The minimum atomic E-state index is -1.13. The SMILES string of the molecule is COC(=O)[C@H]1CCC(C)[N@@+](Cc2ccccc2)(C(=O)[O-])C1. The summed E-state index contributed by atoms with van der Waals surface area (Å²) >= 11 is 0. The summed E-state index contributed by atoms with van der Waals surface area (Å²) in [6, 6.07) is 9.37. The number of ether oxygens (including phenoxy) is 1. The summed E-state index contributed by atoms with van der Waals surface area (Å²) < 4.78 is 4.57. The van der Waals surface area contributed by atoms with E-state index >= 15 is 0 Å². The van der Waals surface area contributed by atoms with Gasteiger partial charge in [-0.15, -0.1) is 0 Å². The van der Waals surface area contributed by atoms with Crippen molar-refractivity contribution in [3.63, 3.8) is 0 Å². The Hall–Kier alpha value is -1.88. The monoisotopic (exact) mass is 291 g/mol. The number of methoxy groups -OCH3 is 1. The third-order valence-electron chi connectivity index (χ3n) is 4.53. The predicted octanol–water partition coefficient (Wildman–Crippen LogP) is 1.32. The van der Waals surface area contributed by atoms with E-state index in [4.69, 9.17) is 4.74 Å². The van der Waals surface area contributed by atoms with Crippen LogP contribution in [0.5, 0.6) is 0 Å². The molecular weight excluding hydrogens is 270 g/mol. The number of amides is 1. The normalized spacial score (nSPS) is 28.9. The molecule has 1 heterocycles. The van der Waals surface area contributed by atoms with Gasteiger partial charge in [0.25, 0.3) is 6.09 Å². The van der Waals surface area contributed by atoms with Gasteiger partial charge in [-0.2, -0.15) is 0 Å². The first-order valence-corrected chi connectivity index (χ1v) is 7.19. The molecule has 3 atom stereocenters. The molecule has 114 valence electrons. The number of piperidine rings is 1. The van der Waals surface area contributed by atoms with Gasteiger partial charge in [-0.05, 0) is 13.3 Å². The third kappa shape index (κ3) is 3.08. The predicted molar refractivity (Wildman–Crippen MR) is 74.9 cm³/mol. The molecule has 1 saturated heterocycles. The van der Waals surface area contributed by atoms with Gasteiger partial charge < -0.3 is 14.6 Å². The molecule has 1 aliphatic heterocycles. The zero-order valence-corrected chi connectivity index (χ0v) is 12.5. The average molecular weight is 291 g/mol. The lowest BCUT2D eigenvalue weighted by Crippen LogP contribution is -2.66. The molecule has 0 bridgehead atoms. The molecule has 5 nitrogen and oxygen atoms in total. The Kier molecular flexibility index (Phi) is 4.63. The Balaban J connectivity index is 2.30. The molecule has 0 N–H and O–H groups in total. The van der Waals surface area contributed by atoms with Gasteiger partial charge in [0.15, 0.2) is 0 Å². The Morgan fingerprint density at radius 2 is 1.95 bits per heavy atom. The van der Waals surface area contributed by atoms with Gasteiger partial charge in [-0.25, -0.2) is 0 Å². The smallest absolute Gasteiger partial charge is 0.314 e. The zero-order valence-electron chi connectivity index (χ0n) is 12.5. The molecule has 0 spiro atoms. The highest BCUT2D eigenvalue weighted by Gasteiger charge is 2.45. The van der Waals surface area contributed by atoms with Crippen LogP contribution in [0.3, 0.4) is 0 Å². The van der Waals surface area contributed by atoms with Crippen molar-refractivity contribution in [2.24, 2.45) is 5.92 Å².